The molecule has 0 bridgehead atoms. The molecule has 0 aromatic heterocycles. The van der Waals surface area contributed by atoms with E-state index in [1.54, 1.807) is 0 Å². The van der Waals surface area contributed by atoms with Crippen molar-refractivity contribution in [3.05, 3.63) is 0 Å². The molecule has 63 heavy (non-hydrogen) atoms. The molecule has 0 aliphatic carbocycles. The summed E-state index contributed by atoms with van der Waals surface area (Å²) in [5, 5.41) is 0. The highest BCUT2D eigenvalue weighted by atomic mass is 16.6. The maximum absolute atomic E-state index is 12.8. The third-order valence-corrected chi connectivity index (χ3v) is 12.9. The Balaban J connectivity index is 4.25. The van der Waals surface area contributed by atoms with Crippen molar-refractivity contribution in [3.63, 3.8) is 0 Å². The molecule has 1 atom stereocenters. The van der Waals surface area contributed by atoms with E-state index in [1.165, 1.54) is 193 Å². The van der Waals surface area contributed by atoms with Gasteiger partial charge in [0.25, 0.3) is 0 Å². The van der Waals surface area contributed by atoms with Crippen LogP contribution in [0.5, 0.6) is 0 Å². The van der Waals surface area contributed by atoms with Crippen LogP contribution in [0.15, 0.2) is 0 Å². The maximum atomic E-state index is 12.8. The molecular formula is C57H110O6. The van der Waals surface area contributed by atoms with Gasteiger partial charge in [-0.3, -0.25) is 14.4 Å². The lowest BCUT2D eigenvalue weighted by molar-refractivity contribution is -0.167. The largest absolute Gasteiger partial charge is 0.462 e. The predicted octanol–water partition coefficient (Wildman–Crippen LogP) is 18.3. The summed E-state index contributed by atoms with van der Waals surface area (Å²) >= 11 is 0. The Hall–Kier alpha value is -1.59. The quantitative estimate of drug-likeness (QED) is 0.0344. The fourth-order valence-corrected chi connectivity index (χ4v) is 8.65. The van der Waals surface area contributed by atoms with Crippen molar-refractivity contribution < 1.29 is 28.6 Å². The topological polar surface area (TPSA) is 78.9 Å². The summed E-state index contributed by atoms with van der Waals surface area (Å²) in [6.07, 6.45) is 49.6. The first kappa shape index (κ1) is 61.4. The number of carbonyl (C=O) groups is 3. The van der Waals surface area contributed by atoms with Gasteiger partial charge in [-0.25, -0.2) is 0 Å². The second-order valence-corrected chi connectivity index (χ2v) is 21.0. The third kappa shape index (κ3) is 51.3. The molecule has 0 amide bonds. The molecule has 374 valence electrons. The van der Waals surface area contributed by atoms with Crippen LogP contribution < -0.4 is 0 Å². The van der Waals surface area contributed by atoms with E-state index >= 15 is 0 Å². The molecule has 0 saturated heterocycles. The summed E-state index contributed by atoms with van der Waals surface area (Å²) in [6.45, 7) is 13.7. The van der Waals surface area contributed by atoms with Crippen molar-refractivity contribution in [1.29, 1.82) is 0 Å². The van der Waals surface area contributed by atoms with Gasteiger partial charge in [0.1, 0.15) is 13.2 Å². The molecule has 0 unspecified atom stereocenters. The maximum Gasteiger partial charge on any atom is 0.306 e. The minimum Gasteiger partial charge on any atom is -0.462 e. The van der Waals surface area contributed by atoms with Gasteiger partial charge in [0.05, 0.1) is 0 Å². The fourth-order valence-electron chi connectivity index (χ4n) is 8.65. The lowest BCUT2D eigenvalue weighted by atomic mass is 10.0. The highest BCUT2D eigenvalue weighted by Gasteiger charge is 2.19. The molecule has 0 saturated carbocycles. The molecule has 6 heteroatoms. The first-order valence-electron chi connectivity index (χ1n) is 28.1. The Morgan fingerprint density at radius 3 is 0.683 bits per heavy atom. The first-order chi connectivity index (χ1) is 30.6. The lowest BCUT2D eigenvalue weighted by Gasteiger charge is -2.18. The predicted molar refractivity (Wildman–Crippen MR) is 270 cm³/mol. The molecule has 0 aliphatic rings. The molecule has 0 aromatic carbocycles. The van der Waals surface area contributed by atoms with Gasteiger partial charge in [0.15, 0.2) is 6.10 Å². The van der Waals surface area contributed by atoms with Gasteiger partial charge in [0.2, 0.25) is 0 Å². The van der Waals surface area contributed by atoms with Crippen LogP contribution in [0.3, 0.4) is 0 Å². The second-order valence-electron chi connectivity index (χ2n) is 21.0. The molecule has 0 heterocycles. The van der Waals surface area contributed by atoms with Gasteiger partial charge in [0, 0.05) is 19.3 Å². The Kier molecular flexibility index (Phi) is 47.1. The van der Waals surface area contributed by atoms with Gasteiger partial charge in [-0.15, -0.1) is 0 Å². The van der Waals surface area contributed by atoms with Crippen LogP contribution in [0.4, 0.5) is 0 Å². The van der Waals surface area contributed by atoms with Crippen LogP contribution in [0.1, 0.15) is 311 Å². The standard InChI is InChI=1S/C57H110O6/c1-51(2)43-37-31-25-19-15-11-8-7-9-13-17-21-28-34-40-46-55(58)61-49-54(63-57(60)48-42-36-30-24-23-27-33-39-45-53(5)6)50-62-56(59)47-41-35-29-22-18-14-10-12-16-20-26-32-38-44-52(3)4/h51-54H,7-50H2,1-6H3/t54-/m1/s1. The van der Waals surface area contributed by atoms with E-state index in [1.807, 2.05) is 0 Å². The number of ether oxygens (including phenoxy) is 3. The monoisotopic (exact) mass is 891 g/mol. The van der Waals surface area contributed by atoms with E-state index in [-0.39, 0.29) is 31.1 Å². The van der Waals surface area contributed by atoms with Crippen molar-refractivity contribution in [2.75, 3.05) is 13.2 Å². The molecule has 0 fully saturated rings. The summed E-state index contributed by atoms with van der Waals surface area (Å²) in [4.78, 5) is 38.1. The smallest absolute Gasteiger partial charge is 0.306 e. The van der Waals surface area contributed by atoms with E-state index in [2.05, 4.69) is 41.5 Å². The average Bonchev–Trinajstić information content (AvgIpc) is 3.24. The van der Waals surface area contributed by atoms with E-state index < -0.39 is 6.10 Å². The number of hydrogen-bond acceptors (Lipinski definition) is 6. The van der Waals surface area contributed by atoms with Crippen LogP contribution in [-0.4, -0.2) is 37.2 Å². The number of esters is 3. The Labute approximate surface area is 393 Å². The van der Waals surface area contributed by atoms with E-state index in [4.69, 9.17) is 14.2 Å². The van der Waals surface area contributed by atoms with Crippen molar-refractivity contribution in [3.8, 4) is 0 Å². The summed E-state index contributed by atoms with van der Waals surface area (Å²) in [6, 6.07) is 0. The van der Waals surface area contributed by atoms with E-state index in [0.717, 1.165) is 75.5 Å². The number of hydrogen-bond donors (Lipinski definition) is 0. The molecule has 0 rings (SSSR count). The first-order valence-corrected chi connectivity index (χ1v) is 28.1. The fraction of sp³-hybridized carbons (Fsp3) is 0.947. The highest BCUT2D eigenvalue weighted by molar-refractivity contribution is 5.71. The summed E-state index contributed by atoms with van der Waals surface area (Å²) in [7, 11) is 0. The van der Waals surface area contributed by atoms with Crippen LogP contribution in [0, 0.1) is 17.8 Å². The van der Waals surface area contributed by atoms with Crippen LogP contribution in [0.2, 0.25) is 0 Å². The zero-order chi connectivity index (χ0) is 46.3. The van der Waals surface area contributed by atoms with Crippen LogP contribution >= 0.6 is 0 Å². The van der Waals surface area contributed by atoms with Gasteiger partial charge < -0.3 is 14.2 Å². The van der Waals surface area contributed by atoms with Crippen LogP contribution in [-0.2, 0) is 28.6 Å². The summed E-state index contributed by atoms with van der Waals surface area (Å²) in [5.74, 6) is 1.63. The number of carbonyl (C=O) groups excluding carboxylic acids is 3. The zero-order valence-corrected chi connectivity index (χ0v) is 43.4. The minimum atomic E-state index is -0.763. The molecule has 0 spiro atoms. The minimum absolute atomic E-state index is 0.0642. The molecule has 0 N–H and O–H groups in total. The lowest BCUT2D eigenvalue weighted by Crippen LogP contribution is -2.30. The van der Waals surface area contributed by atoms with Crippen molar-refractivity contribution in [2.45, 2.75) is 317 Å². The molecule has 0 radical (unpaired) electrons. The van der Waals surface area contributed by atoms with Crippen molar-refractivity contribution in [1.82, 2.24) is 0 Å². The Morgan fingerprint density at radius 2 is 0.460 bits per heavy atom. The van der Waals surface area contributed by atoms with Gasteiger partial charge in [-0.2, -0.15) is 0 Å². The van der Waals surface area contributed by atoms with Gasteiger partial charge in [-0.1, -0.05) is 273 Å². The average molecular weight is 892 g/mol. The van der Waals surface area contributed by atoms with Gasteiger partial charge in [-0.05, 0) is 37.0 Å². The normalized spacial score (nSPS) is 12.1. The molecular weight excluding hydrogens is 781 g/mol. The van der Waals surface area contributed by atoms with Crippen molar-refractivity contribution in [2.24, 2.45) is 17.8 Å². The summed E-state index contributed by atoms with van der Waals surface area (Å²) in [5.41, 5.74) is 0. The Morgan fingerprint density at radius 1 is 0.270 bits per heavy atom. The highest BCUT2D eigenvalue weighted by Crippen LogP contribution is 2.18. The molecule has 0 aromatic rings. The second kappa shape index (κ2) is 48.3. The van der Waals surface area contributed by atoms with Crippen LogP contribution in [0.25, 0.3) is 0 Å². The zero-order valence-electron chi connectivity index (χ0n) is 43.4. The van der Waals surface area contributed by atoms with Gasteiger partial charge >= 0.3 is 17.9 Å². The van der Waals surface area contributed by atoms with Crippen molar-refractivity contribution >= 4 is 17.9 Å². The van der Waals surface area contributed by atoms with E-state index in [9.17, 15) is 14.4 Å². The third-order valence-electron chi connectivity index (χ3n) is 12.9. The Bertz CT molecular complexity index is 976. The molecule has 6 nitrogen and oxygen atoms in total. The summed E-state index contributed by atoms with van der Waals surface area (Å²) < 4.78 is 16.9. The number of rotatable bonds is 50. The van der Waals surface area contributed by atoms with E-state index in [0.29, 0.717) is 19.3 Å². The number of unbranched alkanes of at least 4 members (excludes halogenated alkanes) is 33. The molecule has 0 aliphatic heterocycles. The SMILES string of the molecule is CC(C)CCCCCCCCCCCCCCCCCC(=O)OC[C@H](COC(=O)CCCCCCCCCCCCCCCC(C)C)OC(=O)CCCCCCCCCCC(C)C.